The fraction of sp³-hybridized carbons (Fsp3) is 0.485. The highest BCUT2D eigenvalue weighted by Crippen LogP contribution is 2.66. The number of carbonyl (C=O) groups excluding carboxylic acids is 1. The van der Waals surface area contributed by atoms with Gasteiger partial charge in [-0.1, -0.05) is 61.5 Å². The maximum absolute atomic E-state index is 14.4. The van der Waals surface area contributed by atoms with Gasteiger partial charge in [-0.25, -0.2) is 0 Å². The van der Waals surface area contributed by atoms with E-state index in [9.17, 15) is 97.0 Å². The molecular formula is C33H23F21O2S. The fourth-order valence-corrected chi connectivity index (χ4v) is 5.65. The van der Waals surface area contributed by atoms with Crippen molar-refractivity contribution < 1.29 is 102 Å². The van der Waals surface area contributed by atoms with Gasteiger partial charge in [-0.2, -0.15) is 92.2 Å². The van der Waals surface area contributed by atoms with E-state index in [0.717, 1.165) is 39.9 Å². The second-order valence-corrected chi connectivity index (χ2v) is 13.5. The zero-order valence-electron chi connectivity index (χ0n) is 27.9. The number of hydrogen-bond donors (Lipinski definition) is 0. The van der Waals surface area contributed by atoms with Gasteiger partial charge in [0.1, 0.15) is 6.61 Å². The first-order chi connectivity index (χ1) is 25.5. The highest BCUT2D eigenvalue weighted by atomic mass is 32.2. The molecule has 0 fully saturated rings. The van der Waals surface area contributed by atoms with Crippen LogP contribution >= 0.6 is 11.8 Å². The van der Waals surface area contributed by atoms with Crippen LogP contribution in [0.25, 0.3) is 10.8 Å². The van der Waals surface area contributed by atoms with Crippen molar-refractivity contribution in [1.82, 2.24) is 0 Å². The van der Waals surface area contributed by atoms with Crippen molar-refractivity contribution in [3.8, 4) is 0 Å². The van der Waals surface area contributed by atoms with Crippen LogP contribution in [0.4, 0.5) is 92.2 Å². The van der Waals surface area contributed by atoms with Gasteiger partial charge in [0.05, 0.1) is 5.92 Å². The number of rotatable bonds is 17. The SMILES string of the molecule is CC(CSc1ccc2ccccc2c1)C(=O)OCc1ccc(CCC(F)(F)C(F)(F)C(F)(F)C(F)(F)C(F)(F)C(F)(F)C(F)(F)C(F)(F)C(F)(F)C(F)(F)F)cc1. The Balaban J connectivity index is 1.69. The summed E-state index contributed by atoms with van der Waals surface area (Å²) in [6.45, 7) is 1.05. The molecule has 0 radical (unpaired) electrons. The van der Waals surface area contributed by atoms with Crippen LogP contribution in [0.2, 0.25) is 0 Å². The number of fused-ring (bicyclic) bond motifs is 1. The number of carbonyl (C=O) groups is 1. The van der Waals surface area contributed by atoms with Gasteiger partial charge < -0.3 is 4.74 Å². The Labute approximate surface area is 310 Å². The van der Waals surface area contributed by atoms with Gasteiger partial charge in [-0.05, 0) is 40.5 Å². The number of benzene rings is 3. The monoisotopic (exact) mass is 882 g/mol. The minimum absolute atomic E-state index is 0.100. The molecule has 3 aromatic carbocycles. The number of ether oxygens (including phenoxy) is 1. The number of halogens is 21. The third-order valence-electron chi connectivity index (χ3n) is 8.33. The van der Waals surface area contributed by atoms with Crippen molar-refractivity contribution in [1.29, 1.82) is 0 Å². The first kappa shape index (κ1) is 47.6. The van der Waals surface area contributed by atoms with E-state index >= 15 is 0 Å². The molecule has 0 amide bonds. The normalized spacial score (nSPS) is 15.2. The van der Waals surface area contributed by atoms with Gasteiger partial charge in [0.25, 0.3) is 0 Å². The predicted molar refractivity (Wildman–Crippen MR) is 159 cm³/mol. The van der Waals surface area contributed by atoms with Crippen molar-refractivity contribution in [2.75, 3.05) is 5.75 Å². The third-order valence-corrected chi connectivity index (χ3v) is 9.58. The lowest BCUT2D eigenvalue weighted by Crippen LogP contribution is -2.76. The molecule has 57 heavy (non-hydrogen) atoms. The molecule has 1 unspecified atom stereocenters. The molecule has 0 aromatic heterocycles. The molecule has 2 nitrogen and oxygen atoms in total. The molecule has 0 N–H and O–H groups in total. The summed E-state index contributed by atoms with van der Waals surface area (Å²) in [6.07, 6.45) is -12.3. The lowest BCUT2D eigenvalue weighted by atomic mass is 9.85. The summed E-state index contributed by atoms with van der Waals surface area (Å²) in [7, 11) is 0. The van der Waals surface area contributed by atoms with E-state index in [-0.39, 0.29) is 11.3 Å². The van der Waals surface area contributed by atoms with E-state index in [1.54, 1.807) is 0 Å². The molecule has 0 aliphatic heterocycles. The molecule has 24 heteroatoms. The first-order valence-corrected chi connectivity index (χ1v) is 16.4. The number of aryl methyl sites for hydroxylation is 1. The largest absolute Gasteiger partial charge is 0.461 e. The maximum Gasteiger partial charge on any atom is 0.460 e. The minimum atomic E-state index is -9.21. The molecule has 0 bridgehead atoms. The highest BCUT2D eigenvalue weighted by molar-refractivity contribution is 7.99. The Bertz CT molecular complexity index is 1870. The lowest BCUT2D eigenvalue weighted by molar-refractivity contribution is -0.474. The van der Waals surface area contributed by atoms with Crippen LogP contribution in [0.5, 0.6) is 0 Å². The quantitative estimate of drug-likeness (QED) is 0.0768. The van der Waals surface area contributed by atoms with E-state index in [0.29, 0.717) is 0 Å². The van der Waals surface area contributed by atoms with Gasteiger partial charge in [-0.15, -0.1) is 11.8 Å². The summed E-state index contributed by atoms with van der Waals surface area (Å²) < 4.78 is 291. The molecule has 0 spiro atoms. The van der Waals surface area contributed by atoms with Crippen LogP contribution in [0.15, 0.2) is 71.6 Å². The van der Waals surface area contributed by atoms with Gasteiger partial charge in [0.15, 0.2) is 0 Å². The Morgan fingerprint density at radius 1 is 0.544 bits per heavy atom. The van der Waals surface area contributed by atoms with Crippen molar-refractivity contribution in [2.45, 2.75) is 90.7 Å². The first-order valence-electron chi connectivity index (χ1n) is 15.4. The third kappa shape index (κ3) is 8.15. The van der Waals surface area contributed by atoms with Crippen LogP contribution in [0, 0.1) is 5.92 Å². The zero-order chi connectivity index (χ0) is 44.1. The molecule has 0 aliphatic rings. The average molecular weight is 883 g/mol. The van der Waals surface area contributed by atoms with Gasteiger partial charge >= 0.3 is 65.4 Å². The second kappa shape index (κ2) is 15.5. The van der Waals surface area contributed by atoms with Crippen LogP contribution < -0.4 is 0 Å². The number of thioether (sulfide) groups is 1. The fourth-order valence-electron chi connectivity index (χ4n) is 4.69. The molecule has 0 aliphatic carbocycles. The number of hydrogen-bond acceptors (Lipinski definition) is 3. The molecule has 320 valence electrons. The van der Waals surface area contributed by atoms with Crippen molar-refractivity contribution in [2.24, 2.45) is 5.92 Å². The average Bonchev–Trinajstić information content (AvgIpc) is 3.11. The Hall–Kier alpha value is -3.73. The van der Waals surface area contributed by atoms with Crippen molar-refractivity contribution in [3.63, 3.8) is 0 Å². The summed E-state index contributed by atoms with van der Waals surface area (Å²) in [5.41, 5.74) is -0.427. The summed E-state index contributed by atoms with van der Waals surface area (Å²) in [4.78, 5) is 13.3. The van der Waals surface area contributed by atoms with Gasteiger partial charge in [0.2, 0.25) is 0 Å². The van der Waals surface area contributed by atoms with Crippen molar-refractivity contribution >= 4 is 28.5 Å². The highest BCUT2D eigenvalue weighted by Gasteiger charge is 2.97. The van der Waals surface area contributed by atoms with E-state index in [2.05, 4.69) is 0 Å². The Morgan fingerprint density at radius 3 is 1.44 bits per heavy atom. The molecule has 0 saturated carbocycles. The van der Waals surface area contributed by atoms with E-state index in [1.165, 1.54) is 18.7 Å². The molecule has 0 heterocycles. The summed E-state index contributed by atoms with van der Waals surface area (Å²) >= 11 is 1.32. The topological polar surface area (TPSA) is 26.3 Å². The van der Waals surface area contributed by atoms with E-state index in [4.69, 9.17) is 4.74 Å². The van der Waals surface area contributed by atoms with Crippen molar-refractivity contribution in [3.05, 3.63) is 77.9 Å². The molecule has 3 aromatic rings. The predicted octanol–water partition coefficient (Wildman–Crippen LogP) is 12.5. The van der Waals surface area contributed by atoms with E-state index in [1.807, 2.05) is 42.5 Å². The number of esters is 1. The summed E-state index contributed by atoms with van der Waals surface area (Å²) in [5, 5.41) is 1.91. The van der Waals surface area contributed by atoms with Gasteiger partial charge in [0, 0.05) is 17.1 Å². The molecule has 1 atom stereocenters. The second-order valence-electron chi connectivity index (χ2n) is 12.4. The van der Waals surface area contributed by atoms with Gasteiger partial charge in [-0.3, -0.25) is 4.79 Å². The Morgan fingerprint density at radius 2 is 0.965 bits per heavy atom. The maximum atomic E-state index is 14.4. The standard InChI is InChI=1S/C33H23F21O2S/c1-17(16-57-22-11-10-20-4-2-3-5-21(20)14-22)23(55)56-15-19-8-6-18(7-9-19)12-13-24(34,35)25(36,37)26(38,39)27(40,41)28(42,43)29(44,45)30(46,47)31(48,49)32(50,51)33(52,53)54/h2-11,14,17H,12-13,15-16H2,1H3. The molecular weight excluding hydrogens is 859 g/mol. The van der Waals surface area contributed by atoms with Crippen LogP contribution in [0.3, 0.4) is 0 Å². The minimum Gasteiger partial charge on any atom is -0.461 e. The van der Waals surface area contributed by atoms with E-state index < -0.39 is 96.4 Å². The smallest absolute Gasteiger partial charge is 0.460 e. The molecule has 0 saturated heterocycles. The van der Waals surface area contributed by atoms with Crippen LogP contribution in [0.1, 0.15) is 24.5 Å². The molecule has 3 rings (SSSR count). The van der Waals surface area contributed by atoms with Crippen LogP contribution in [-0.4, -0.2) is 71.2 Å². The lowest BCUT2D eigenvalue weighted by Gasteiger charge is -2.44. The summed E-state index contributed by atoms with van der Waals surface area (Å²) in [5.74, 6) is -78.3. The zero-order valence-corrected chi connectivity index (χ0v) is 28.7. The Kier molecular flexibility index (Phi) is 12.9. The summed E-state index contributed by atoms with van der Waals surface area (Å²) in [6, 6.07) is 16.6. The number of alkyl halides is 21. The van der Waals surface area contributed by atoms with Crippen LogP contribution in [-0.2, 0) is 22.6 Å².